The van der Waals surface area contributed by atoms with Gasteiger partial charge in [-0.3, -0.25) is 10.1 Å². The number of nitrogens with one attached hydrogen (secondary N) is 1. The molecule has 8 heteroatoms. The Morgan fingerprint density at radius 3 is 2.81 bits per heavy atom. The lowest BCUT2D eigenvalue weighted by Crippen LogP contribution is -2.12. The Morgan fingerprint density at radius 1 is 1.24 bits per heavy atom. The number of carbonyl (C=O) groups excluding carboxylic acids is 1. The van der Waals surface area contributed by atoms with Crippen LogP contribution in [0.5, 0.6) is 0 Å². The SMILES string of the molecule is O=C(Nc1nnc(-c2cccs2)o1)c1ccc(Cl)cc1Cl. The number of thiophene rings is 1. The van der Waals surface area contributed by atoms with Gasteiger partial charge in [-0.15, -0.1) is 16.4 Å². The summed E-state index contributed by atoms with van der Waals surface area (Å²) in [5.41, 5.74) is 0.275. The van der Waals surface area contributed by atoms with E-state index in [0.29, 0.717) is 10.9 Å². The molecule has 1 aromatic carbocycles. The first-order chi connectivity index (χ1) is 10.1. The molecule has 0 aliphatic rings. The number of carbonyl (C=O) groups is 1. The van der Waals surface area contributed by atoms with Crippen LogP contribution in [-0.4, -0.2) is 16.1 Å². The van der Waals surface area contributed by atoms with Crippen molar-refractivity contribution in [2.24, 2.45) is 0 Å². The average molecular weight is 340 g/mol. The standard InChI is InChI=1S/C13H7Cl2N3O2S/c14-7-3-4-8(9(15)6-7)11(19)16-13-18-17-12(20-13)10-2-1-5-21-10/h1-6H,(H,16,18,19). The maximum atomic E-state index is 12.1. The maximum Gasteiger partial charge on any atom is 0.322 e. The van der Waals surface area contributed by atoms with Gasteiger partial charge in [-0.1, -0.05) is 34.4 Å². The number of rotatable bonds is 3. The minimum atomic E-state index is -0.446. The summed E-state index contributed by atoms with van der Waals surface area (Å²) in [6.45, 7) is 0. The third-order valence-electron chi connectivity index (χ3n) is 2.55. The molecule has 0 aliphatic carbocycles. The Morgan fingerprint density at radius 2 is 2.10 bits per heavy atom. The van der Waals surface area contributed by atoms with E-state index in [1.165, 1.54) is 23.5 Å². The van der Waals surface area contributed by atoms with Crippen LogP contribution in [-0.2, 0) is 0 Å². The Labute approximate surface area is 133 Å². The van der Waals surface area contributed by atoms with Crippen LogP contribution in [0.4, 0.5) is 6.01 Å². The average Bonchev–Trinajstić information content (AvgIpc) is 3.08. The molecule has 21 heavy (non-hydrogen) atoms. The number of nitrogens with zero attached hydrogens (tertiary/aromatic N) is 2. The van der Waals surface area contributed by atoms with E-state index in [1.54, 1.807) is 6.07 Å². The van der Waals surface area contributed by atoms with Crippen molar-refractivity contribution >= 4 is 46.5 Å². The lowest BCUT2D eigenvalue weighted by molar-refractivity contribution is 0.102. The molecule has 0 saturated heterocycles. The van der Waals surface area contributed by atoms with Gasteiger partial charge in [0, 0.05) is 5.02 Å². The van der Waals surface area contributed by atoms with Crippen LogP contribution >= 0.6 is 34.5 Å². The molecule has 106 valence electrons. The summed E-state index contributed by atoms with van der Waals surface area (Å²) in [7, 11) is 0. The van der Waals surface area contributed by atoms with Gasteiger partial charge in [0.2, 0.25) is 0 Å². The lowest BCUT2D eigenvalue weighted by Gasteiger charge is -2.03. The molecule has 2 heterocycles. The van der Waals surface area contributed by atoms with Crippen LogP contribution in [0.25, 0.3) is 10.8 Å². The topological polar surface area (TPSA) is 68.0 Å². The van der Waals surface area contributed by atoms with Crippen LogP contribution in [0.2, 0.25) is 10.0 Å². The van der Waals surface area contributed by atoms with Crippen molar-refractivity contribution in [3.8, 4) is 10.8 Å². The van der Waals surface area contributed by atoms with E-state index in [2.05, 4.69) is 15.5 Å². The molecule has 0 saturated carbocycles. The van der Waals surface area contributed by atoms with Crippen molar-refractivity contribution in [2.75, 3.05) is 5.32 Å². The lowest BCUT2D eigenvalue weighted by atomic mass is 10.2. The molecule has 3 aromatic rings. The van der Waals surface area contributed by atoms with E-state index in [9.17, 15) is 4.79 Å². The van der Waals surface area contributed by atoms with Crippen LogP contribution in [0.1, 0.15) is 10.4 Å². The summed E-state index contributed by atoms with van der Waals surface area (Å²) in [5, 5.41) is 12.7. The smallest absolute Gasteiger partial charge is 0.322 e. The molecule has 3 rings (SSSR count). The fourth-order valence-electron chi connectivity index (χ4n) is 1.61. The van der Waals surface area contributed by atoms with Crippen molar-refractivity contribution in [1.29, 1.82) is 0 Å². The number of benzene rings is 1. The first-order valence-corrected chi connectivity index (χ1v) is 7.41. The maximum absolute atomic E-state index is 12.1. The summed E-state index contributed by atoms with van der Waals surface area (Å²) < 4.78 is 5.37. The minimum absolute atomic E-state index is 0.00872. The van der Waals surface area contributed by atoms with E-state index < -0.39 is 5.91 Å². The number of hydrogen-bond acceptors (Lipinski definition) is 5. The quantitative estimate of drug-likeness (QED) is 0.769. The number of hydrogen-bond donors (Lipinski definition) is 1. The molecule has 2 aromatic heterocycles. The predicted octanol–water partition coefficient (Wildman–Crippen LogP) is 4.36. The van der Waals surface area contributed by atoms with E-state index in [-0.39, 0.29) is 16.6 Å². The van der Waals surface area contributed by atoms with E-state index in [1.807, 2.05) is 17.5 Å². The molecule has 0 aliphatic heterocycles. The largest absolute Gasteiger partial charge is 0.402 e. The molecule has 1 amide bonds. The second kappa shape index (κ2) is 5.85. The highest BCUT2D eigenvalue weighted by molar-refractivity contribution is 7.13. The zero-order chi connectivity index (χ0) is 14.8. The predicted molar refractivity (Wildman–Crippen MR) is 82.0 cm³/mol. The Balaban J connectivity index is 1.79. The highest BCUT2D eigenvalue weighted by Crippen LogP contribution is 2.25. The third kappa shape index (κ3) is 3.07. The first-order valence-electron chi connectivity index (χ1n) is 5.77. The van der Waals surface area contributed by atoms with Crippen LogP contribution in [0.15, 0.2) is 40.1 Å². The van der Waals surface area contributed by atoms with Crippen molar-refractivity contribution in [2.45, 2.75) is 0 Å². The van der Waals surface area contributed by atoms with E-state index in [4.69, 9.17) is 27.6 Å². The number of halogens is 2. The molecular formula is C13H7Cl2N3O2S. The number of aromatic nitrogens is 2. The summed E-state index contributed by atoms with van der Waals surface area (Å²) >= 11 is 13.2. The van der Waals surface area contributed by atoms with Gasteiger partial charge in [-0.05, 0) is 29.6 Å². The first kappa shape index (κ1) is 14.1. The second-order valence-electron chi connectivity index (χ2n) is 3.97. The molecule has 0 unspecified atom stereocenters. The Kier molecular flexibility index (Phi) is 3.92. The fourth-order valence-corrected chi connectivity index (χ4v) is 2.75. The highest BCUT2D eigenvalue weighted by atomic mass is 35.5. The zero-order valence-electron chi connectivity index (χ0n) is 10.3. The summed E-state index contributed by atoms with van der Waals surface area (Å²) in [4.78, 5) is 12.9. The normalized spacial score (nSPS) is 10.6. The Bertz CT molecular complexity index is 787. The summed E-state index contributed by atoms with van der Waals surface area (Å²) in [5.74, 6) is -0.0967. The van der Waals surface area contributed by atoms with Gasteiger partial charge in [-0.25, -0.2) is 0 Å². The zero-order valence-corrected chi connectivity index (χ0v) is 12.7. The van der Waals surface area contributed by atoms with Crippen molar-refractivity contribution in [3.05, 3.63) is 51.3 Å². The van der Waals surface area contributed by atoms with Crippen molar-refractivity contribution in [1.82, 2.24) is 10.2 Å². The molecule has 0 radical (unpaired) electrons. The molecule has 0 bridgehead atoms. The molecule has 0 atom stereocenters. The molecule has 0 spiro atoms. The highest BCUT2D eigenvalue weighted by Gasteiger charge is 2.15. The summed E-state index contributed by atoms with van der Waals surface area (Å²) in [6.07, 6.45) is 0. The van der Waals surface area contributed by atoms with Gasteiger partial charge < -0.3 is 4.42 Å². The molecular weight excluding hydrogens is 333 g/mol. The third-order valence-corrected chi connectivity index (χ3v) is 3.96. The molecule has 1 N–H and O–H groups in total. The van der Waals surface area contributed by atoms with Crippen molar-refractivity contribution < 1.29 is 9.21 Å². The number of amides is 1. The van der Waals surface area contributed by atoms with Gasteiger partial charge in [0.25, 0.3) is 11.8 Å². The van der Waals surface area contributed by atoms with Crippen LogP contribution in [0, 0.1) is 0 Å². The Hall–Kier alpha value is -1.89. The fraction of sp³-hybridized carbons (Fsp3) is 0. The van der Waals surface area contributed by atoms with Crippen LogP contribution < -0.4 is 5.32 Å². The van der Waals surface area contributed by atoms with Crippen LogP contribution in [0.3, 0.4) is 0 Å². The van der Waals surface area contributed by atoms with E-state index >= 15 is 0 Å². The molecule has 5 nitrogen and oxygen atoms in total. The number of anilines is 1. The van der Waals surface area contributed by atoms with E-state index in [0.717, 1.165) is 4.88 Å². The van der Waals surface area contributed by atoms with Crippen molar-refractivity contribution in [3.63, 3.8) is 0 Å². The second-order valence-corrected chi connectivity index (χ2v) is 5.76. The van der Waals surface area contributed by atoms with Gasteiger partial charge in [0.1, 0.15) is 0 Å². The van der Waals surface area contributed by atoms with Gasteiger partial charge in [0.05, 0.1) is 15.5 Å². The summed E-state index contributed by atoms with van der Waals surface area (Å²) in [6, 6.07) is 8.32. The molecule has 0 fully saturated rings. The van der Waals surface area contributed by atoms with Gasteiger partial charge in [0.15, 0.2) is 0 Å². The minimum Gasteiger partial charge on any atom is -0.402 e. The van der Waals surface area contributed by atoms with Gasteiger partial charge >= 0.3 is 6.01 Å². The van der Waals surface area contributed by atoms with Gasteiger partial charge in [-0.2, -0.15) is 0 Å². The monoisotopic (exact) mass is 339 g/mol.